The van der Waals surface area contributed by atoms with Crippen LogP contribution >= 0.6 is 7.75 Å². The first kappa shape index (κ1) is 31.8. The van der Waals surface area contributed by atoms with Gasteiger partial charge in [-0.2, -0.15) is 5.09 Å². The first-order valence-electron chi connectivity index (χ1n) is 12.0. The predicted octanol–water partition coefficient (Wildman–Crippen LogP) is 2.49. The number of H-pyrrole nitrogens is 1. The molecule has 0 aliphatic carbocycles. The Balaban J connectivity index is 2.27. The molecule has 15 nitrogen and oxygen atoms in total. The van der Waals surface area contributed by atoms with E-state index in [0.717, 1.165) is 16.8 Å². The zero-order valence-electron chi connectivity index (χ0n) is 22.0. The van der Waals surface area contributed by atoms with Crippen molar-refractivity contribution < 1.29 is 33.0 Å². The van der Waals surface area contributed by atoms with Gasteiger partial charge in [-0.25, -0.2) is 9.36 Å². The third-order valence-corrected chi connectivity index (χ3v) is 6.62. The number of rotatable bonds is 16. The molecule has 3 N–H and O–H groups in total. The molecular formula is C23H33N6O9P. The monoisotopic (exact) mass is 568 g/mol. The summed E-state index contributed by atoms with van der Waals surface area (Å²) in [5.74, 6) is -0.423. The van der Waals surface area contributed by atoms with Gasteiger partial charge in [0, 0.05) is 17.2 Å². The van der Waals surface area contributed by atoms with Crippen molar-refractivity contribution >= 4 is 13.7 Å². The predicted molar refractivity (Wildman–Crippen MR) is 140 cm³/mol. The topological polar surface area (TPSA) is 207 Å². The van der Waals surface area contributed by atoms with E-state index in [2.05, 4.69) is 20.1 Å². The van der Waals surface area contributed by atoms with Crippen LogP contribution < -0.4 is 20.9 Å². The molecule has 0 fully saturated rings. The molecule has 0 spiro atoms. The Hall–Kier alpha value is -3.45. The quantitative estimate of drug-likeness (QED) is 0.0886. The van der Waals surface area contributed by atoms with Gasteiger partial charge in [-0.05, 0) is 37.4 Å². The molecule has 39 heavy (non-hydrogen) atoms. The van der Waals surface area contributed by atoms with Crippen LogP contribution in [0.25, 0.3) is 10.4 Å². The van der Waals surface area contributed by atoms with E-state index < -0.39 is 56.0 Å². The number of hydrogen-bond acceptors (Lipinski definition) is 10. The SMILES string of the molecule is CC(C)COC(=O)[C@H](C)NP(=O)(OC[C@@H](O[C@H](CN=[N+]=[N-])n1ccc(=O)[nH]c1=O)C(C)O)Oc1ccccc1. The van der Waals surface area contributed by atoms with E-state index in [4.69, 9.17) is 24.1 Å². The molecule has 0 radical (unpaired) electrons. The number of aliphatic hydroxyl groups excluding tert-OH is 1. The van der Waals surface area contributed by atoms with E-state index in [1.807, 2.05) is 13.8 Å². The van der Waals surface area contributed by atoms with Crippen molar-refractivity contribution in [2.45, 2.75) is 52.2 Å². The summed E-state index contributed by atoms with van der Waals surface area (Å²) >= 11 is 0. The average molecular weight is 569 g/mol. The number of benzene rings is 1. The first-order valence-corrected chi connectivity index (χ1v) is 13.6. The molecular weight excluding hydrogens is 535 g/mol. The molecule has 1 aromatic heterocycles. The number of aromatic nitrogens is 2. The number of carbonyl (C=O) groups excluding carboxylic acids is 1. The van der Waals surface area contributed by atoms with E-state index >= 15 is 0 Å². The molecule has 0 aliphatic heterocycles. The Morgan fingerprint density at radius 3 is 2.46 bits per heavy atom. The van der Waals surface area contributed by atoms with Crippen molar-refractivity contribution in [1.29, 1.82) is 0 Å². The van der Waals surface area contributed by atoms with Gasteiger partial charge >= 0.3 is 19.4 Å². The van der Waals surface area contributed by atoms with E-state index in [1.165, 1.54) is 26.0 Å². The van der Waals surface area contributed by atoms with Crippen molar-refractivity contribution in [3.63, 3.8) is 0 Å². The smallest absolute Gasteiger partial charge is 0.459 e. The van der Waals surface area contributed by atoms with Crippen LogP contribution in [-0.2, 0) is 23.4 Å². The normalized spacial score (nSPS) is 15.8. The lowest BCUT2D eigenvalue weighted by atomic mass is 10.2. The van der Waals surface area contributed by atoms with Gasteiger partial charge in [0.25, 0.3) is 5.56 Å². The Bertz CT molecular complexity index is 1280. The molecule has 1 heterocycles. The number of nitrogens with zero attached hydrogens (tertiary/aromatic N) is 4. The maximum absolute atomic E-state index is 13.7. The van der Waals surface area contributed by atoms with Crippen molar-refractivity contribution in [3.05, 3.63) is 73.9 Å². The minimum absolute atomic E-state index is 0.0852. The number of carbonyl (C=O) groups is 1. The zero-order chi connectivity index (χ0) is 29.0. The lowest BCUT2D eigenvalue weighted by molar-refractivity contribution is -0.146. The minimum atomic E-state index is -4.28. The third-order valence-electron chi connectivity index (χ3n) is 4.97. The Morgan fingerprint density at radius 2 is 1.87 bits per heavy atom. The van der Waals surface area contributed by atoms with Gasteiger partial charge in [0.2, 0.25) is 0 Å². The standard InChI is InChI=1S/C23H33N6O9P/c1-15(2)13-35-22(32)16(3)27-39(34,38-18-8-6-5-7-9-18)36-14-19(17(4)30)37-21(12-25-28-24)29-11-10-20(31)26-23(29)33/h5-11,15-17,19,21,30H,12-14H2,1-4H3,(H,27,34)(H,26,31,33)/t16-,17?,19+,21+,39?/m0/s1. The van der Waals surface area contributed by atoms with Crippen LogP contribution in [0.4, 0.5) is 0 Å². The molecule has 0 aliphatic rings. The maximum Gasteiger partial charge on any atom is 0.459 e. The number of azide groups is 1. The molecule has 5 atom stereocenters. The summed E-state index contributed by atoms with van der Waals surface area (Å²) in [7, 11) is -4.28. The lowest BCUT2D eigenvalue weighted by Gasteiger charge is -2.29. The van der Waals surface area contributed by atoms with Gasteiger partial charge in [-0.1, -0.05) is 37.2 Å². The second-order valence-corrected chi connectivity index (χ2v) is 10.6. The molecule has 0 saturated carbocycles. The molecule has 214 valence electrons. The van der Waals surface area contributed by atoms with Gasteiger partial charge in [0.05, 0.1) is 25.9 Å². The van der Waals surface area contributed by atoms with Crippen LogP contribution in [-0.4, -0.2) is 58.6 Å². The van der Waals surface area contributed by atoms with Crippen LogP contribution in [0.2, 0.25) is 0 Å². The fourth-order valence-electron chi connectivity index (χ4n) is 3.00. The van der Waals surface area contributed by atoms with Gasteiger partial charge in [-0.15, -0.1) is 0 Å². The van der Waals surface area contributed by atoms with Crippen molar-refractivity contribution in [3.8, 4) is 5.75 Å². The largest absolute Gasteiger partial charge is 0.464 e. The molecule has 2 unspecified atom stereocenters. The van der Waals surface area contributed by atoms with E-state index in [0.29, 0.717) is 0 Å². The van der Waals surface area contributed by atoms with Crippen LogP contribution in [0.3, 0.4) is 0 Å². The highest BCUT2D eigenvalue weighted by Gasteiger charge is 2.35. The summed E-state index contributed by atoms with van der Waals surface area (Å²) in [4.78, 5) is 40.8. The number of hydrogen-bond donors (Lipinski definition) is 3. The fraction of sp³-hybridized carbons (Fsp3) is 0.522. The van der Waals surface area contributed by atoms with Crippen molar-refractivity contribution in [2.24, 2.45) is 11.0 Å². The molecule has 0 bridgehead atoms. The molecule has 16 heteroatoms. The summed E-state index contributed by atoms with van der Waals surface area (Å²) in [5.41, 5.74) is 7.25. The Kier molecular flexibility index (Phi) is 12.4. The summed E-state index contributed by atoms with van der Waals surface area (Å²) in [6.45, 7) is 5.73. The molecule has 2 rings (SSSR count). The summed E-state index contributed by atoms with van der Waals surface area (Å²) in [6, 6.07) is 8.03. The Labute approximate surface area is 224 Å². The summed E-state index contributed by atoms with van der Waals surface area (Å²) in [5, 5.41) is 16.3. The zero-order valence-corrected chi connectivity index (χ0v) is 22.9. The number of aromatic amines is 1. The maximum atomic E-state index is 13.7. The molecule has 0 amide bonds. The van der Waals surface area contributed by atoms with Gasteiger partial charge < -0.3 is 19.1 Å². The molecule has 1 aromatic carbocycles. The third kappa shape index (κ3) is 10.7. The minimum Gasteiger partial charge on any atom is -0.464 e. The fourth-order valence-corrected chi connectivity index (χ4v) is 4.50. The van der Waals surface area contributed by atoms with E-state index in [9.17, 15) is 24.1 Å². The van der Waals surface area contributed by atoms with Crippen LogP contribution in [0.15, 0.2) is 57.3 Å². The number of nitrogens with one attached hydrogen (secondary N) is 2. The number of ether oxygens (including phenoxy) is 2. The second kappa shape index (κ2) is 15.2. The van der Waals surface area contributed by atoms with Gasteiger partial charge in [0.1, 0.15) is 24.1 Å². The van der Waals surface area contributed by atoms with E-state index in [1.54, 1.807) is 18.2 Å². The summed E-state index contributed by atoms with van der Waals surface area (Å²) in [6.07, 6.45) is -2.61. The van der Waals surface area contributed by atoms with Crippen LogP contribution in [0.1, 0.15) is 33.9 Å². The van der Waals surface area contributed by atoms with E-state index in [-0.39, 0.29) is 24.8 Å². The molecule has 0 saturated heterocycles. The van der Waals surface area contributed by atoms with Gasteiger partial charge in [0.15, 0.2) is 0 Å². The van der Waals surface area contributed by atoms with Crippen LogP contribution in [0, 0.1) is 5.92 Å². The highest BCUT2D eigenvalue weighted by molar-refractivity contribution is 7.52. The average Bonchev–Trinajstić information content (AvgIpc) is 2.87. The second-order valence-electron chi connectivity index (χ2n) is 8.87. The summed E-state index contributed by atoms with van der Waals surface area (Å²) < 4.78 is 36.8. The Morgan fingerprint density at radius 1 is 1.18 bits per heavy atom. The van der Waals surface area contributed by atoms with Crippen molar-refractivity contribution in [2.75, 3.05) is 19.8 Å². The highest BCUT2D eigenvalue weighted by atomic mass is 31.2. The first-order chi connectivity index (χ1) is 18.4. The highest BCUT2D eigenvalue weighted by Crippen LogP contribution is 2.45. The van der Waals surface area contributed by atoms with Crippen molar-refractivity contribution in [1.82, 2.24) is 14.6 Å². The van der Waals surface area contributed by atoms with Crippen LogP contribution in [0.5, 0.6) is 5.75 Å². The number of aliphatic hydroxyl groups is 1. The molecule has 2 aromatic rings. The number of para-hydroxylation sites is 1. The lowest BCUT2D eigenvalue weighted by Crippen LogP contribution is -2.40. The van der Waals surface area contributed by atoms with Gasteiger partial charge in [-0.3, -0.25) is 23.7 Å². The number of esters is 1.